The summed E-state index contributed by atoms with van der Waals surface area (Å²) in [4.78, 5) is 4.44. The summed E-state index contributed by atoms with van der Waals surface area (Å²) in [5.74, 6) is 0.592. The summed E-state index contributed by atoms with van der Waals surface area (Å²) in [7, 11) is 0. The van der Waals surface area contributed by atoms with Gasteiger partial charge in [-0.15, -0.1) is 0 Å². The predicted octanol–water partition coefficient (Wildman–Crippen LogP) is 2.57. The van der Waals surface area contributed by atoms with Crippen molar-refractivity contribution in [3.63, 3.8) is 0 Å². The monoisotopic (exact) mass is 169 g/mol. The smallest absolute Gasteiger partial charge is 0.0547 e. The minimum Gasteiger partial charge on any atom is -0.260 e. The molecule has 13 heavy (non-hydrogen) atoms. The minimum absolute atomic E-state index is 0.592. The molecule has 3 rings (SSSR count). The number of aliphatic imine (C=N–C) groups is 1. The van der Waals surface area contributed by atoms with Crippen molar-refractivity contribution in [3.8, 4) is 0 Å². The van der Waals surface area contributed by atoms with E-state index in [1.807, 2.05) is 6.20 Å². The molecule has 0 bridgehead atoms. The fourth-order valence-electron chi connectivity index (χ4n) is 2.22. The second kappa shape index (κ2) is 2.56. The lowest BCUT2D eigenvalue weighted by Gasteiger charge is -2.21. The molecule has 1 atom stereocenters. The summed E-state index contributed by atoms with van der Waals surface area (Å²) in [6, 6.07) is 8.61. The number of allylic oxidation sites excluding steroid dienone is 1. The van der Waals surface area contributed by atoms with Gasteiger partial charge in [0.15, 0.2) is 0 Å². The third-order valence-corrected chi connectivity index (χ3v) is 2.90. The van der Waals surface area contributed by atoms with Crippen LogP contribution in [0.1, 0.15) is 17.5 Å². The van der Waals surface area contributed by atoms with Crippen LogP contribution in [0, 0.1) is 5.92 Å². The molecule has 1 unspecified atom stereocenters. The second-order valence-corrected chi connectivity index (χ2v) is 3.66. The fourth-order valence-corrected chi connectivity index (χ4v) is 2.22. The standard InChI is InChI=1S/C12H11N/c1-2-4-11-9(3-1)5-6-10-7-8-13-12(10)11/h1-4,7-8,10H,5-6H2. The first-order valence-corrected chi connectivity index (χ1v) is 4.78. The highest BCUT2D eigenvalue weighted by molar-refractivity contribution is 6.06. The number of nitrogens with zero attached hydrogens (tertiary/aromatic N) is 1. The van der Waals surface area contributed by atoms with Gasteiger partial charge >= 0.3 is 0 Å². The Hall–Kier alpha value is -1.37. The molecule has 1 aliphatic carbocycles. The van der Waals surface area contributed by atoms with Crippen LogP contribution in [-0.2, 0) is 6.42 Å². The molecule has 1 aromatic rings. The third kappa shape index (κ3) is 0.966. The van der Waals surface area contributed by atoms with E-state index in [0.717, 1.165) is 0 Å². The van der Waals surface area contributed by atoms with Crippen molar-refractivity contribution in [1.82, 2.24) is 0 Å². The molecule has 64 valence electrons. The van der Waals surface area contributed by atoms with Gasteiger partial charge < -0.3 is 0 Å². The Morgan fingerprint density at radius 3 is 3.15 bits per heavy atom. The zero-order chi connectivity index (χ0) is 8.67. The van der Waals surface area contributed by atoms with E-state index in [4.69, 9.17) is 0 Å². The van der Waals surface area contributed by atoms with Crippen LogP contribution >= 0.6 is 0 Å². The highest BCUT2D eigenvalue weighted by atomic mass is 14.7. The minimum atomic E-state index is 0.592. The van der Waals surface area contributed by atoms with Crippen LogP contribution in [0.5, 0.6) is 0 Å². The Balaban J connectivity index is 2.18. The summed E-state index contributed by atoms with van der Waals surface area (Å²) >= 11 is 0. The lowest BCUT2D eigenvalue weighted by molar-refractivity contribution is 0.728. The molecule has 1 heterocycles. The van der Waals surface area contributed by atoms with Crippen LogP contribution in [0.15, 0.2) is 41.5 Å². The number of hydrogen-bond acceptors (Lipinski definition) is 1. The molecule has 0 saturated heterocycles. The van der Waals surface area contributed by atoms with Gasteiger partial charge in [-0.1, -0.05) is 30.3 Å². The van der Waals surface area contributed by atoms with E-state index in [1.165, 1.54) is 29.7 Å². The SMILES string of the molecule is C1=CC2CCc3ccccc3C2=N1. The summed E-state index contributed by atoms with van der Waals surface area (Å²) in [6.45, 7) is 0. The zero-order valence-electron chi connectivity index (χ0n) is 7.40. The normalized spacial score (nSPS) is 23.7. The van der Waals surface area contributed by atoms with Gasteiger partial charge in [0.2, 0.25) is 0 Å². The van der Waals surface area contributed by atoms with Crippen LogP contribution in [0.4, 0.5) is 0 Å². The van der Waals surface area contributed by atoms with Gasteiger partial charge in [-0.05, 0) is 24.0 Å². The molecule has 1 aliphatic heterocycles. The Kier molecular flexibility index (Phi) is 1.39. The van der Waals surface area contributed by atoms with Crippen molar-refractivity contribution in [2.45, 2.75) is 12.8 Å². The van der Waals surface area contributed by atoms with Crippen LogP contribution < -0.4 is 0 Å². The van der Waals surface area contributed by atoms with Crippen molar-refractivity contribution in [2.24, 2.45) is 10.9 Å². The highest BCUT2D eigenvalue weighted by Gasteiger charge is 2.24. The molecule has 0 radical (unpaired) electrons. The molecule has 0 saturated carbocycles. The molecule has 1 heteroatoms. The van der Waals surface area contributed by atoms with Crippen molar-refractivity contribution >= 4 is 5.71 Å². The van der Waals surface area contributed by atoms with Crippen LogP contribution in [-0.4, -0.2) is 5.71 Å². The number of hydrogen-bond donors (Lipinski definition) is 0. The number of rotatable bonds is 0. The lowest BCUT2D eigenvalue weighted by Crippen LogP contribution is -2.19. The summed E-state index contributed by atoms with van der Waals surface area (Å²) in [5, 5.41) is 0. The highest BCUT2D eigenvalue weighted by Crippen LogP contribution is 2.29. The van der Waals surface area contributed by atoms with Gasteiger partial charge in [-0.2, -0.15) is 0 Å². The molecular weight excluding hydrogens is 158 g/mol. The summed E-state index contributed by atoms with van der Waals surface area (Å²) < 4.78 is 0. The maximum atomic E-state index is 4.44. The Bertz CT molecular complexity index is 401. The van der Waals surface area contributed by atoms with E-state index in [1.54, 1.807) is 0 Å². The van der Waals surface area contributed by atoms with Crippen molar-refractivity contribution in [1.29, 1.82) is 0 Å². The maximum absolute atomic E-state index is 4.44. The average Bonchev–Trinajstić information content (AvgIpc) is 2.65. The van der Waals surface area contributed by atoms with Crippen molar-refractivity contribution in [2.75, 3.05) is 0 Å². The zero-order valence-corrected chi connectivity index (χ0v) is 7.40. The Morgan fingerprint density at radius 2 is 2.15 bits per heavy atom. The second-order valence-electron chi connectivity index (χ2n) is 3.66. The van der Waals surface area contributed by atoms with Gasteiger partial charge in [0.1, 0.15) is 0 Å². The van der Waals surface area contributed by atoms with Gasteiger partial charge in [-0.3, -0.25) is 4.99 Å². The first-order valence-electron chi connectivity index (χ1n) is 4.78. The van der Waals surface area contributed by atoms with Gasteiger partial charge in [-0.25, -0.2) is 0 Å². The molecule has 0 fully saturated rings. The van der Waals surface area contributed by atoms with Crippen LogP contribution in [0.2, 0.25) is 0 Å². The van der Waals surface area contributed by atoms with Crippen molar-refractivity contribution in [3.05, 3.63) is 47.7 Å². The molecule has 1 aromatic carbocycles. The third-order valence-electron chi connectivity index (χ3n) is 2.90. The molecule has 0 spiro atoms. The van der Waals surface area contributed by atoms with Gasteiger partial charge in [0.25, 0.3) is 0 Å². The predicted molar refractivity (Wildman–Crippen MR) is 53.9 cm³/mol. The number of benzene rings is 1. The van der Waals surface area contributed by atoms with E-state index < -0.39 is 0 Å². The van der Waals surface area contributed by atoms with Gasteiger partial charge in [0.05, 0.1) is 5.71 Å². The fraction of sp³-hybridized carbons (Fsp3) is 0.250. The van der Waals surface area contributed by atoms with E-state index in [9.17, 15) is 0 Å². The van der Waals surface area contributed by atoms with E-state index >= 15 is 0 Å². The number of aryl methyl sites for hydroxylation is 1. The first kappa shape index (κ1) is 7.07. The van der Waals surface area contributed by atoms with Crippen LogP contribution in [0.3, 0.4) is 0 Å². The Labute approximate surface area is 77.8 Å². The Morgan fingerprint density at radius 1 is 1.23 bits per heavy atom. The maximum Gasteiger partial charge on any atom is 0.0547 e. The number of fused-ring (bicyclic) bond motifs is 3. The lowest BCUT2D eigenvalue weighted by atomic mass is 9.83. The van der Waals surface area contributed by atoms with Gasteiger partial charge in [0, 0.05) is 12.1 Å². The molecular formula is C12H11N. The summed E-state index contributed by atoms with van der Waals surface area (Å²) in [6.07, 6.45) is 6.59. The average molecular weight is 169 g/mol. The molecule has 0 N–H and O–H groups in total. The van der Waals surface area contributed by atoms with Crippen molar-refractivity contribution < 1.29 is 0 Å². The topological polar surface area (TPSA) is 12.4 Å². The van der Waals surface area contributed by atoms with Crippen LogP contribution in [0.25, 0.3) is 0 Å². The van der Waals surface area contributed by atoms with E-state index in [-0.39, 0.29) is 0 Å². The summed E-state index contributed by atoms with van der Waals surface area (Å²) in [5.41, 5.74) is 4.10. The molecule has 0 amide bonds. The molecule has 1 nitrogen and oxygen atoms in total. The quantitative estimate of drug-likeness (QED) is 0.566. The van der Waals surface area contributed by atoms with E-state index in [2.05, 4.69) is 35.3 Å². The molecule has 0 aromatic heterocycles. The largest absolute Gasteiger partial charge is 0.260 e. The molecule has 2 aliphatic rings. The first-order chi connectivity index (χ1) is 6.45. The van der Waals surface area contributed by atoms with E-state index in [0.29, 0.717) is 5.92 Å².